The Balaban J connectivity index is 2.12. The molecule has 1 N–H and O–H groups in total. The maximum atomic E-state index is 13.1. The van der Waals surface area contributed by atoms with Gasteiger partial charge < -0.3 is 14.8 Å². The standard InChI is InChI=1S/C15H21FN2O5S/c1-22-8-9-23-10-11-24(20,21)18-7-6-17-15(19)14(18)12-2-4-13(16)5-3-12/h2-5,14H,6-11H2,1H3,(H,17,19). The number of hydrogen-bond donors (Lipinski definition) is 1. The van der Waals surface area contributed by atoms with Gasteiger partial charge >= 0.3 is 0 Å². The largest absolute Gasteiger partial charge is 0.382 e. The van der Waals surface area contributed by atoms with Gasteiger partial charge in [0.15, 0.2) is 0 Å². The highest BCUT2D eigenvalue weighted by atomic mass is 32.2. The van der Waals surface area contributed by atoms with Crippen LogP contribution < -0.4 is 5.32 Å². The van der Waals surface area contributed by atoms with E-state index in [4.69, 9.17) is 9.47 Å². The Morgan fingerprint density at radius 1 is 1.25 bits per heavy atom. The summed E-state index contributed by atoms with van der Waals surface area (Å²) in [6, 6.07) is 4.25. The van der Waals surface area contributed by atoms with Crippen LogP contribution in [0.4, 0.5) is 4.39 Å². The Labute approximate surface area is 140 Å². The number of rotatable bonds is 8. The fourth-order valence-corrected chi connectivity index (χ4v) is 3.91. The average molecular weight is 360 g/mol. The second-order valence-electron chi connectivity index (χ2n) is 5.28. The average Bonchev–Trinajstić information content (AvgIpc) is 2.55. The van der Waals surface area contributed by atoms with Gasteiger partial charge in [0.1, 0.15) is 11.9 Å². The molecular formula is C15H21FN2O5S. The highest BCUT2D eigenvalue weighted by molar-refractivity contribution is 7.89. The summed E-state index contributed by atoms with van der Waals surface area (Å²) < 4.78 is 49.4. The van der Waals surface area contributed by atoms with E-state index >= 15 is 0 Å². The maximum absolute atomic E-state index is 13.1. The third-order valence-corrected chi connectivity index (χ3v) is 5.42. The lowest BCUT2D eigenvalue weighted by Crippen LogP contribution is -2.52. The predicted molar refractivity (Wildman–Crippen MR) is 85.3 cm³/mol. The Hall–Kier alpha value is -1.55. The zero-order valence-electron chi connectivity index (χ0n) is 13.4. The summed E-state index contributed by atoms with van der Waals surface area (Å²) in [6.45, 7) is 1.09. The van der Waals surface area contributed by atoms with Crippen molar-refractivity contribution in [3.05, 3.63) is 35.6 Å². The van der Waals surface area contributed by atoms with Crippen molar-refractivity contribution in [1.29, 1.82) is 0 Å². The van der Waals surface area contributed by atoms with Crippen molar-refractivity contribution in [2.75, 3.05) is 45.8 Å². The molecule has 0 radical (unpaired) electrons. The van der Waals surface area contributed by atoms with Crippen LogP contribution in [0.5, 0.6) is 0 Å². The fraction of sp³-hybridized carbons (Fsp3) is 0.533. The molecule has 0 aliphatic carbocycles. The molecule has 0 aromatic heterocycles. The van der Waals surface area contributed by atoms with Gasteiger partial charge in [0.2, 0.25) is 15.9 Å². The molecule has 0 bridgehead atoms. The molecule has 134 valence electrons. The molecule has 1 amide bonds. The third-order valence-electron chi connectivity index (χ3n) is 3.63. The van der Waals surface area contributed by atoms with Crippen molar-refractivity contribution in [3.8, 4) is 0 Å². The van der Waals surface area contributed by atoms with Crippen LogP contribution >= 0.6 is 0 Å². The van der Waals surface area contributed by atoms with Gasteiger partial charge in [-0.2, -0.15) is 4.31 Å². The summed E-state index contributed by atoms with van der Waals surface area (Å²) in [5.74, 6) is -1.10. The molecule has 1 heterocycles. The summed E-state index contributed by atoms with van der Waals surface area (Å²) in [7, 11) is -2.17. The second kappa shape index (κ2) is 8.52. The van der Waals surface area contributed by atoms with Gasteiger partial charge in [-0.1, -0.05) is 12.1 Å². The molecule has 1 unspecified atom stereocenters. The molecule has 1 aromatic carbocycles. The quantitative estimate of drug-likeness (QED) is 0.674. The van der Waals surface area contributed by atoms with Crippen LogP contribution in [0.3, 0.4) is 0 Å². The van der Waals surface area contributed by atoms with E-state index < -0.39 is 27.8 Å². The van der Waals surface area contributed by atoms with Gasteiger partial charge in [-0.05, 0) is 17.7 Å². The summed E-state index contributed by atoms with van der Waals surface area (Å²) >= 11 is 0. The SMILES string of the molecule is COCCOCCS(=O)(=O)N1CCNC(=O)C1c1ccc(F)cc1. The van der Waals surface area contributed by atoms with Crippen molar-refractivity contribution >= 4 is 15.9 Å². The minimum atomic E-state index is -3.70. The lowest BCUT2D eigenvalue weighted by molar-refractivity contribution is -0.126. The van der Waals surface area contributed by atoms with Gasteiger partial charge in [-0.25, -0.2) is 12.8 Å². The Morgan fingerprint density at radius 3 is 2.62 bits per heavy atom. The second-order valence-corrected chi connectivity index (χ2v) is 7.32. The first-order chi connectivity index (χ1) is 11.5. The van der Waals surface area contributed by atoms with Crippen LogP contribution in [0.1, 0.15) is 11.6 Å². The first-order valence-electron chi connectivity index (χ1n) is 7.55. The molecule has 24 heavy (non-hydrogen) atoms. The molecular weight excluding hydrogens is 339 g/mol. The smallest absolute Gasteiger partial charge is 0.243 e. The van der Waals surface area contributed by atoms with E-state index in [1.807, 2.05) is 0 Å². The minimum Gasteiger partial charge on any atom is -0.382 e. The summed E-state index contributed by atoms with van der Waals surface area (Å²) in [4.78, 5) is 12.2. The molecule has 7 nitrogen and oxygen atoms in total. The minimum absolute atomic E-state index is 0.0138. The van der Waals surface area contributed by atoms with Gasteiger partial charge in [0, 0.05) is 20.2 Å². The van der Waals surface area contributed by atoms with Crippen molar-refractivity contribution in [1.82, 2.24) is 9.62 Å². The van der Waals surface area contributed by atoms with Gasteiger partial charge in [-0.3, -0.25) is 4.79 Å². The van der Waals surface area contributed by atoms with Crippen LogP contribution in [0.2, 0.25) is 0 Å². The van der Waals surface area contributed by atoms with E-state index in [0.29, 0.717) is 18.8 Å². The number of benzene rings is 1. The molecule has 1 saturated heterocycles. The molecule has 2 rings (SSSR count). The molecule has 1 aliphatic heterocycles. The van der Waals surface area contributed by atoms with Crippen LogP contribution in [0.25, 0.3) is 0 Å². The van der Waals surface area contributed by atoms with Crippen molar-refractivity contribution in [2.45, 2.75) is 6.04 Å². The number of methoxy groups -OCH3 is 1. The number of carbonyl (C=O) groups is 1. The highest BCUT2D eigenvalue weighted by Crippen LogP contribution is 2.26. The number of nitrogens with zero attached hydrogens (tertiary/aromatic N) is 1. The first kappa shape index (κ1) is 18.8. The lowest BCUT2D eigenvalue weighted by atomic mass is 10.0. The summed E-state index contributed by atoms with van der Waals surface area (Å²) in [5.41, 5.74) is 0.428. The van der Waals surface area contributed by atoms with E-state index in [1.54, 1.807) is 0 Å². The highest BCUT2D eigenvalue weighted by Gasteiger charge is 2.38. The van der Waals surface area contributed by atoms with Crippen LogP contribution in [-0.2, 0) is 24.3 Å². The topological polar surface area (TPSA) is 84.9 Å². The van der Waals surface area contributed by atoms with E-state index in [-0.39, 0.29) is 25.4 Å². The Kier molecular flexibility index (Phi) is 6.67. The number of carbonyl (C=O) groups excluding carboxylic acids is 1. The molecule has 1 atom stereocenters. The van der Waals surface area contributed by atoms with Gasteiger partial charge in [0.25, 0.3) is 0 Å². The van der Waals surface area contributed by atoms with E-state index in [9.17, 15) is 17.6 Å². The number of ether oxygens (including phenoxy) is 2. The van der Waals surface area contributed by atoms with Crippen molar-refractivity contribution in [3.63, 3.8) is 0 Å². The molecule has 0 saturated carbocycles. The predicted octanol–water partition coefficient (Wildman–Crippen LogP) is 0.291. The Bertz CT molecular complexity index is 650. The number of nitrogens with one attached hydrogen (secondary N) is 1. The Morgan fingerprint density at radius 2 is 1.96 bits per heavy atom. The molecule has 1 aromatic rings. The number of amides is 1. The first-order valence-corrected chi connectivity index (χ1v) is 9.16. The molecule has 9 heteroatoms. The lowest BCUT2D eigenvalue weighted by Gasteiger charge is -2.34. The molecule has 1 aliphatic rings. The third kappa shape index (κ3) is 4.73. The number of piperazine rings is 1. The van der Waals surface area contributed by atoms with Gasteiger partial charge in [-0.15, -0.1) is 0 Å². The van der Waals surface area contributed by atoms with Crippen LogP contribution in [0.15, 0.2) is 24.3 Å². The maximum Gasteiger partial charge on any atom is 0.243 e. The van der Waals surface area contributed by atoms with Crippen molar-refractivity contribution < 1.29 is 27.1 Å². The fourth-order valence-electron chi connectivity index (χ4n) is 2.43. The summed E-state index contributed by atoms with van der Waals surface area (Å²) in [6.07, 6.45) is 0. The van der Waals surface area contributed by atoms with E-state index in [0.717, 1.165) is 4.31 Å². The molecule has 1 fully saturated rings. The molecule has 0 spiro atoms. The monoisotopic (exact) mass is 360 g/mol. The van der Waals surface area contributed by atoms with Crippen LogP contribution in [-0.4, -0.2) is 64.4 Å². The van der Waals surface area contributed by atoms with Crippen molar-refractivity contribution in [2.24, 2.45) is 0 Å². The van der Waals surface area contributed by atoms with Gasteiger partial charge in [0.05, 0.1) is 25.6 Å². The number of halogens is 1. The summed E-state index contributed by atoms with van der Waals surface area (Å²) in [5, 5.41) is 2.64. The van der Waals surface area contributed by atoms with Crippen LogP contribution in [0, 0.1) is 5.82 Å². The normalized spacial score (nSPS) is 19.2. The van der Waals surface area contributed by atoms with E-state index in [2.05, 4.69) is 5.32 Å². The zero-order valence-corrected chi connectivity index (χ0v) is 14.2. The number of hydrogen-bond acceptors (Lipinski definition) is 5. The number of sulfonamides is 1. The zero-order chi connectivity index (χ0) is 17.6. The van der Waals surface area contributed by atoms with E-state index in [1.165, 1.54) is 31.4 Å².